The molecule has 0 amide bonds. The van der Waals surface area contributed by atoms with Gasteiger partial charge in [0.2, 0.25) is 5.91 Å². The highest BCUT2D eigenvalue weighted by Gasteiger charge is 2.20. The zero-order valence-electron chi connectivity index (χ0n) is 22.9. The first-order valence-electron chi connectivity index (χ1n) is 14.6. The van der Waals surface area contributed by atoms with Gasteiger partial charge in [-0.15, -0.1) is 0 Å². The summed E-state index contributed by atoms with van der Waals surface area (Å²) in [5, 5.41) is 0.983. The van der Waals surface area contributed by atoms with Crippen molar-refractivity contribution >= 4 is 22.8 Å². The molecule has 2 aromatic rings. The van der Waals surface area contributed by atoms with Crippen molar-refractivity contribution in [3.63, 3.8) is 0 Å². The monoisotopic (exact) mass is 498 g/mol. The van der Waals surface area contributed by atoms with Crippen molar-refractivity contribution in [3.8, 4) is 0 Å². The first-order valence-corrected chi connectivity index (χ1v) is 14.6. The Bertz CT molecular complexity index is 889. The average molecular weight is 499 g/mol. The van der Waals surface area contributed by atoms with E-state index in [4.69, 9.17) is 10.5 Å². The van der Waals surface area contributed by atoms with Crippen LogP contribution >= 0.6 is 0 Å². The standard InChI is InChI=1S/C31H50N2O3/c1-3-5-7-9-11-12-13-14-16-22-30(34)33-25-26(27-20-17-18-21-29(27)33)24-28(32)31(35)36-23-19-15-10-8-6-4-2/h17-18,20-21,25,28H,3-16,19,22-24,32H2,1-2H3. The molecule has 5 heteroatoms. The fourth-order valence-corrected chi connectivity index (χ4v) is 4.81. The van der Waals surface area contributed by atoms with Crippen molar-refractivity contribution in [1.29, 1.82) is 0 Å². The third kappa shape index (κ3) is 10.9. The second-order valence-electron chi connectivity index (χ2n) is 10.3. The molecule has 5 nitrogen and oxygen atoms in total. The molecule has 0 bridgehead atoms. The van der Waals surface area contributed by atoms with Gasteiger partial charge in [0.25, 0.3) is 0 Å². The van der Waals surface area contributed by atoms with Gasteiger partial charge in [-0.25, -0.2) is 0 Å². The zero-order valence-corrected chi connectivity index (χ0v) is 22.9. The predicted octanol–water partition coefficient (Wildman–Crippen LogP) is 7.98. The van der Waals surface area contributed by atoms with E-state index in [-0.39, 0.29) is 11.9 Å². The van der Waals surface area contributed by atoms with Crippen molar-refractivity contribution in [2.24, 2.45) is 5.73 Å². The fraction of sp³-hybridized carbons (Fsp3) is 0.677. The lowest BCUT2D eigenvalue weighted by atomic mass is 10.1. The van der Waals surface area contributed by atoms with Crippen LogP contribution in [0.1, 0.15) is 127 Å². The number of esters is 1. The number of nitrogens with two attached hydrogens (primary N) is 1. The highest BCUT2D eigenvalue weighted by molar-refractivity contribution is 5.94. The van der Waals surface area contributed by atoms with E-state index in [9.17, 15) is 9.59 Å². The third-order valence-electron chi connectivity index (χ3n) is 7.04. The van der Waals surface area contributed by atoms with Gasteiger partial charge in [-0.3, -0.25) is 14.2 Å². The largest absolute Gasteiger partial charge is 0.465 e. The van der Waals surface area contributed by atoms with E-state index in [1.54, 1.807) is 4.57 Å². The lowest BCUT2D eigenvalue weighted by molar-refractivity contribution is -0.145. The summed E-state index contributed by atoms with van der Waals surface area (Å²) in [6.07, 6.45) is 20.8. The fourth-order valence-electron chi connectivity index (χ4n) is 4.81. The number of hydrogen-bond acceptors (Lipinski definition) is 4. The van der Waals surface area contributed by atoms with Gasteiger partial charge in [0.05, 0.1) is 12.1 Å². The topological polar surface area (TPSA) is 74.3 Å². The molecule has 0 saturated carbocycles. The molecule has 0 saturated heterocycles. The Kier molecular flexibility index (Phi) is 15.2. The minimum absolute atomic E-state index is 0.111. The summed E-state index contributed by atoms with van der Waals surface area (Å²) < 4.78 is 7.18. The van der Waals surface area contributed by atoms with E-state index in [1.807, 2.05) is 30.5 Å². The summed E-state index contributed by atoms with van der Waals surface area (Å²) in [6.45, 7) is 4.88. The van der Waals surface area contributed by atoms with Gasteiger partial charge in [-0.2, -0.15) is 0 Å². The van der Waals surface area contributed by atoms with Gasteiger partial charge >= 0.3 is 5.97 Å². The van der Waals surface area contributed by atoms with Crippen LogP contribution in [0.5, 0.6) is 0 Å². The van der Waals surface area contributed by atoms with Gasteiger partial charge < -0.3 is 10.5 Å². The van der Waals surface area contributed by atoms with Crippen molar-refractivity contribution in [2.75, 3.05) is 6.61 Å². The summed E-state index contributed by atoms with van der Waals surface area (Å²) in [6, 6.07) is 7.15. The Balaban J connectivity index is 1.80. The molecular weight excluding hydrogens is 448 g/mol. The summed E-state index contributed by atoms with van der Waals surface area (Å²) in [7, 11) is 0. The van der Waals surface area contributed by atoms with Crippen LogP contribution in [-0.2, 0) is 16.0 Å². The number of benzene rings is 1. The number of fused-ring (bicyclic) bond motifs is 1. The maximum Gasteiger partial charge on any atom is 0.323 e. The second kappa shape index (κ2) is 18.2. The van der Waals surface area contributed by atoms with Crippen molar-refractivity contribution < 1.29 is 14.3 Å². The summed E-state index contributed by atoms with van der Waals surface area (Å²) in [5.74, 6) is -0.249. The Morgan fingerprint density at radius 2 is 1.36 bits per heavy atom. The number of nitrogens with zero attached hydrogens (tertiary/aromatic N) is 1. The maximum atomic E-state index is 13.0. The van der Waals surface area contributed by atoms with Gasteiger partial charge in [0, 0.05) is 24.4 Å². The van der Waals surface area contributed by atoms with E-state index in [0.29, 0.717) is 19.4 Å². The molecule has 0 radical (unpaired) electrons. The number of hydrogen-bond donors (Lipinski definition) is 1. The zero-order chi connectivity index (χ0) is 26.0. The Hall–Kier alpha value is -2.14. The SMILES string of the molecule is CCCCCCCCCCCC(=O)n1cc(CC(N)C(=O)OCCCCCCCC)c2ccccc21. The number of para-hydroxylation sites is 1. The molecule has 202 valence electrons. The smallest absolute Gasteiger partial charge is 0.323 e. The van der Waals surface area contributed by atoms with E-state index < -0.39 is 6.04 Å². The molecule has 1 heterocycles. The van der Waals surface area contributed by atoms with Crippen molar-refractivity contribution in [1.82, 2.24) is 4.57 Å². The highest BCUT2D eigenvalue weighted by atomic mass is 16.5. The number of unbranched alkanes of at least 4 members (excludes halogenated alkanes) is 13. The van der Waals surface area contributed by atoms with Gasteiger partial charge in [-0.05, 0) is 24.5 Å². The third-order valence-corrected chi connectivity index (χ3v) is 7.04. The quantitative estimate of drug-likeness (QED) is 0.148. The van der Waals surface area contributed by atoms with Gasteiger partial charge in [-0.1, -0.05) is 116 Å². The van der Waals surface area contributed by atoms with Crippen LogP contribution in [0.2, 0.25) is 0 Å². The molecule has 1 aromatic carbocycles. The maximum absolute atomic E-state index is 13.0. The van der Waals surface area contributed by atoms with E-state index >= 15 is 0 Å². The van der Waals surface area contributed by atoms with Crippen LogP contribution in [0.4, 0.5) is 0 Å². The predicted molar refractivity (Wildman–Crippen MR) is 150 cm³/mol. The number of rotatable bonds is 20. The normalized spacial score (nSPS) is 12.2. The Labute approximate surface area is 219 Å². The molecule has 1 unspecified atom stereocenters. The molecule has 36 heavy (non-hydrogen) atoms. The number of carbonyl (C=O) groups excluding carboxylic acids is 2. The van der Waals surface area contributed by atoms with Crippen LogP contribution in [0.25, 0.3) is 10.9 Å². The summed E-state index contributed by atoms with van der Waals surface area (Å²) in [5.41, 5.74) is 8.02. The van der Waals surface area contributed by atoms with Crippen LogP contribution < -0.4 is 5.73 Å². The first-order chi connectivity index (χ1) is 17.6. The highest BCUT2D eigenvalue weighted by Crippen LogP contribution is 2.23. The Morgan fingerprint density at radius 1 is 0.806 bits per heavy atom. The number of ether oxygens (including phenoxy) is 1. The first kappa shape index (κ1) is 30.1. The van der Waals surface area contributed by atoms with Crippen LogP contribution in [0.3, 0.4) is 0 Å². The molecule has 1 aromatic heterocycles. The lowest BCUT2D eigenvalue weighted by Crippen LogP contribution is -2.34. The number of carbonyl (C=O) groups is 2. The van der Waals surface area contributed by atoms with E-state index in [2.05, 4.69) is 13.8 Å². The molecule has 0 fully saturated rings. The van der Waals surface area contributed by atoms with E-state index in [1.165, 1.54) is 70.6 Å². The van der Waals surface area contributed by atoms with Crippen LogP contribution in [0, 0.1) is 0 Å². The van der Waals surface area contributed by atoms with Crippen molar-refractivity contribution in [3.05, 3.63) is 36.0 Å². The number of aromatic nitrogens is 1. The molecular formula is C31H50N2O3. The van der Waals surface area contributed by atoms with E-state index in [0.717, 1.165) is 42.1 Å². The molecule has 0 aliphatic heterocycles. The minimum atomic E-state index is -0.725. The van der Waals surface area contributed by atoms with Crippen LogP contribution in [-0.4, -0.2) is 29.1 Å². The molecule has 2 rings (SSSR count). The van der Waals surface area contributed by atoms with Crippen LogP contribution in [0.15, 0.2) is 30.5 Å². The summed E-state index contributed by atoms with van der Waals surface area (Å²) >= 11 is 0. The van der Waals surface area contributed by atoms with Gasteiger partial charge in [0.15, 0.2) is 0 Å². The Morgan fingerprint density at radius 3 is 2.00 bits per heavy atom. The molecule has 2 N–H and O–H groups in total. The second-order valence-corrected chi connectivity index (χ2v) is 10.3. The lowest BCUT2D eigenvalue weighted by Gasteiger charge is -2.11. The van der Waals surface area contributed by atoms with Gasteiger partial charge in [0.1, 0.15) is 6.04 Å². The van der Waals surface area contributed by atoms with Crippen molar-refractivity contribution in [2.45, 2.75) is 129 Å². The molecule has 1 atom stereocenters. The minimum Gasteiger partial charge on any atom is -0.465 e. The average Bonchev–Trinajstić information content (AvgIpc) is 3.25. The molecule has 0 aliphatic carbocycles. The molecule has 0 spiro atoms. The molecule has 0 aliphatic rings. The summed E-state index contributed by atoms with van der Waals surface area (Å²) in [4.78, 5) is 25.4.